The minimum absolute atomic E-state index is 0.00544. The van der Waals surface area contributed by atoms with Crippen LogP contribution < -0.4 is 5.32 Å². The molecule has 0 unspecified atom stereocenters. The molecular weight excluding hydrogens is 320 g/mol. The lowest BCUT2D eigenvalue weighted by Gasteiger charge is -2.07. The molecule has 0 spiro atoms. The van der Waals surface area contributed by atoms with E-state index in [1.165, 1.54) is 13.2 Å². The molecule has 1 N–H and O–H groups in total. The highest BCUT2D eigenvalue weighted by Crippen LogP contribution is 2.29. The molecule has 0 fully saturated rings. The third kappa shape index (κ3) is 3.28. The Morgan fingerprint density at radius 1 is 1.47 bits per heavy atom. The van der Waals surface area contributed by atoms with Gasteiger partial charge in [-0.05, 0) is 28.9 Å². The van der Waals surface area contributed by atoms with Gasteiger partial charge in [-0.3, -0.25) is 14.9 Å². The smallest absolute Gasteiger partial charge is 0.338 e. The number of nitro benzene ring substituents is 1. The molecule has 102 valence electrons. The summed E-state index contributed by atoms with van der Waals surface area (Å²) in [5, 5.41) is 13.5. The number of carbonyl (C=O) groups is 2. The van der Waals surface area contributed by atoms with Gasteiger partial charge < -0.3 is 10.1 Å². The zero-order chi connectivity index (χ0) is 14.6. The van der Waals surface area contributed by atoms with Crippen molar-refractivity contribution in [3.05, 3.63) is 37.8 Å². The SMILES string of the molecule is CCNC(=O)c1c(Br)cc(C(=O)OC)cc1[N+](=O)[O-]. The summed E-state index contributed by atoms with van der Waals surface area (Å²) >= 11 is 3.06. The molecule has 0 atom stereocenters. The Balaban J connectivity index is 3.43. The molecule has 0 aliphatic rings. The minimum atomic E-state index is -0.720. The summed E-state index contributed by atoms with van der Waals surface area (Å²) in [5.41, 5.74) is -0.589. The van der Waals surface area contributed by atoms with Gasteiger partial charge in [0.1, 0.15) is 5.56 Å². The average Bonchev–Trinajstić information content (AvgIpc) is 2.36. The summed E-state index contributed by atoms with van der Waals surface area (Å²) < 4.78 is 4.65. The van der Waals surface area contributed by atoms with Gasteiger partial charge in [0.05, 0.1) is 17.6 Å². The molecule has 8 heteroatoms. The summed E-state index contributed by atoms with van der Waals surface area (Å²) in [6.07, 6.45) is 0. The number of methoxy groups -OCH3 is 1. The lowest BCUT2D eigenvalue weighted by molar-refractivity contribution is -0.385. The second-order valence-electron chi connectivity index (χ2n) is 3.46. The quantitative estimate of drug-likeness (QED) is 0.516. The predicted octanol–water partition coefficient (Wildman–Crippen LogP) is 1.89. The number of nitrogens with zero attached hydrogens (tertiary/aromatic N) is 1. The van der Waals surface area contributed by atoms with Gasteiger partial charge in [-0.25, -0.2) is 4.79 Å². The maximum Gasteiger partial charge on any atom is 0.338 e. The molecule has 0 radical (unpaired) electrons. The molecule has 0 heterocycles. The summed E-state index contributed by atoms with van der Waals surface area (Å²) in [6.45, 7) is 2.03. The van der Waals surface area contributed by atoms with E-state index >= 15 is 0 Å². The van der Waals surface area contributed by atoms with E-state index in [9.17, 15) is 19.7 Å². The zero-order valence-corrected chi connectivity index (χ0v) is 11.8. The van der Waals surface area contributed by atoms with Crippen molar-refractivity contribution in [1.29, 1.82) is 0 Å². The Morgan fingerprint density at radius 3 is 2.58 bits per heavy atom. The highest BCUT2D eigenvalue weighted by molar-refractivity contribution is 9.10. The molecule has 0 aromatic heterocycles. The fourth-order valence-electron chi connectivity index (χ4n) is 1.45. The van der Waals surface area contributed by atoms with Crippen LogP contribution in [0.25, 0.3) is 0 Å². The van der Waals surface area contributed by atoms with E-state index in [1.54, 1.807) is 6.92 Å². The number of ether oxygens (including phenoxy) is 1. The van der Waals surface area contributed by atoms with Gasteiger partial charge in [0.2, 0.25) is 0 Å². The molecule has 0 aliphatic heterocycles. The number of nitrogens with one attached hydrogen (secondary N) is 1. The van der Waals surface area contributed by atoms with Crippen LogP contribution in [0.4, 0.5) is 5.69 Å². The van der Waals surface area contributed by atoms with Gasteiger partial charge in [-0.1, -0.05) is 0 Å². The molecule has 1 aromatic carbocycles. The number of nitro groups is 1. The topological polar surface area (TPSA) is 98.5 Å². The van der Waals surface area contributed by atoms with Crippen molar-refractivity contribution in [3.8, 4) is 0 Å². The second kappa shape index (κ2) is 6.28. The number of rotatable bonds is 4. The number of carbonyl (C=O) groups excluding carboxylic acids is 2. The third-order valence-electron chi connectivity index (χ3n) is 2.25. The predicted molar refractivity (Wildman–Crippen MR) is 70.1 cm³/mol. The van der Waals surface area contributed by atoms with Crippen molar-refractivity contribution in [2.45, 2.75) is 6.92 Å². The van der Waals surface area contributed by atoms with Crippen molar-refractivity contribution in [1.82, 2.24) is 5.32 Å². The molecule has 0 bridgehead atoms. The lowest BCUT2D eigenvalue weighted by atomic mass is 10.1. The second-order valence-corrected chi connectivity index (χ2v) is 4.31. The molecule has 1 aromatic rings. The first-order valence-corrected chi connectivity index (χ1v) is 6.06. The van der Waals surface area contributed by atoms with Crippen LogP contribution in [0, 0.1) is 10.1 Å². The molecule has 7 nitrogen and oxygen atoms in total. The summed E-state index contributed by atoms with van der Waals surface area (Å²) in [4.78, 5) is 33.4. The van der Waals surface area contributed by atoms with Gasteiger partial charge >= 0.3 is 5.97 Å². The van der Waals surface area contributed by atoms with Gasteiger partial charge in [0.15, 0.2) is 0 Å². The number of hydrogen-bond donors (Lipinski definition) is 1. The highest BCUT2D eigenvalue weighted by Gasteiger charge is 2.26. The van der Waals surface area contributed by atoms with Crippen LogP contribution in [0.5, 0.6) is 0 Å². The Morgan fingerprint density at radius 2 is 2.11 bits per heavy atom. The van der Waals surface area contributed by atoms with E-state index in [-0.39, 0.29) is 15.6 Å². The molecule has 1 amide bonds. The molecule has 0 aliphatic carbocycles. The summed E-state index contributed by atoms with van der Waals surface area (Å²) in [5.74, 6) is -1.30. The molecule has 0 saturated heterocycles. The van der Waals surface area contributed by atoms with Crippen LogP contribution in [0.15, 0.2) is 16.6 Å². The standard InChI is InChI=1S/C11H11BrN2O5/c1-3-13-10(15)9-7(12)4-6(11(16)19-2)5-8(9)14(17)18/h4-5H,3H2,1-2H3,(H,13,15). The zero-order valence-electron chi connectivity index (χ0n) is 10.2. The fourth-order valence-corrected chi connectivity index (χ4v) is 2.08. The summed E-state index contributed by atoms with van der Waals surface area (Å²) in [7, 11) is 1.17. The molecule has 19 heavy (non-hydrogen) atoms. The Kier molecular flexibility index (Phi) is 4.99. The van der Waals surface area contributed by atoms with Crippen molar-refractivity contribution in [2.75, 3.05) is 13.7 Å². The third-order valence-corrected chi connectivity index (χ3v) is 2.88. The largest absolute Gasteiger partial charge is 0.465 e. The van der Waals surface area contributed by atoms with Crippen molar-refractivity contribution >= 4 is 33.5 Å². The summed E-state index contributed by atoms with van der Waals surface area (Å²) in [6, 6.07) is 2.32. The first kappa shape index (κ1) is 15.1. The number of esters is 1. The van der Waals surface area contributed by atoms with E-state index < -0.39 is 22.5 Å². The maximum atomic E-state index is 11.8. The first-order valence-electron chi connectivity index (χ1n) is 5.26. The Hall–Kier alpha value is -1.96. The van der Waals surface area contributed by atoms with Crippen LogP contribution in [0.1, 0.15) is 27.6 Å². The van der Waals surface area contributed by atoms with Crippen molar-refractivity contribution in [2.24, 2.45) is 0 Å². The number of benzene rings is 1. The Bertz CT molecular complexity index is 544. The van der Waals surface area contributed by atoms with Crippen LogP contribution in [-0.4, -0.2) is 30.5 Å². The van der Waals surface area contributed by atoms with Crippen LogP contribution >= 0.6 is 15.9 Å². The highest BCUT2D eigenvalue weighted by atomic mass is 79.9. The van der Waals surface area contributed by atoms with E-state index in [2.05, 4.69) is 26.0 Å². The van der Waals surface area contributed by atoms with E-state index in [4.69, 9.17) is 0 Å². The Labute approximate surface area is 117 Å². The minimum Gasteiger partial charge on any atom is -0.465 e. The average molecular weight is 331 g/mol. The van der Waals surface area contributed by atoms with Gasteiger partial charge in [-0.2, -0.15) is 0 Å². The van der Waals surface area contributed by atoms with Crippen LogP contribution in [-0.2, 0) is 4.74 Å². The maximum absolute atomic E-state index is 11.8. The molecule has 0 saturated carbocycles. The number of amides is 1. The first-order chi connectivity index (χ1) is 8.92. The van der Waals surface area contributed by atoms with Crippen LogP contribution in [0.2, 0.25) is 0 Å². The normalized spacial score (nSPS) is 9.84. The van der Waals surface area contributed by atoms with Gasteiger partial charge in [-0.15, -0.1) is 0 Å². The molecular formula is C11H11BrN2O5. The number of halogens is 1. The molecule has 1 rings (SSSR count). The monoisotopic (exact) mass is 330 g/mol. The van der Waals surface area contributed by atoms with Gasteiger partial charge in [0, 0.05) is 17.1 Å². The van der Waals surface area contributed by atoms with E-state index in [1.807, 2.05) is 0 Å². The lowest BCUT2D eigenvalue weighted by Crippen LogP contribution is -2.24. The fraction of sp³-hybridized carbons (Fsp3) is 0.273. The van der Waals surface area contributed by atoms with Gasteiger partial charge in [0.25, 0.3) is 11.6 Å². The van der Waals surface area contributed by atoms with Crippen molar-refractivity contribution < 1.29 is 19.2 Å². The van der Waals surface area contributed by atoms with E-state index in [0.29, 0.717) is 6.54 Å². The van der Waals surface area contributed by atoms with Crippen LogP contribution in [0.3, 0.4) is 0 Å². The van der Waals surface area contributed by atoms with E-state index in [0.717, 1.165) is 6.07 Å². The number of hydrogen-bond acceptors (Lipinski definition) is 5. The van der Waals surface area contributed by atoms with Crippen molar-refractivity contribution in [3.63, 3.8) is 0 Å².